The van der Waals surface area contributed by atoms with Crippen molar-refractivity contribution in [1.29, 1.82) is 0 Å². The van der Waals surface area contributed by atoms with E-state index in [2.05, 4.69) is 5.32 Å². The molecule has 1 atom stereocenters. The van der Waals surface area contributed by atoms with E-state index < -0.39 is 12.0 Å². The van der Waals surface area contributed by atoms with E-state index in [0.29, 0.717) is 0 Å². The van der Waals surface area contributed by atoms with Gasteiger partial charge in [-0.15, -0.1) is 0 Å². The Morgan fingerprint density at radius 2 is 2.12 bits per heavy atom. The van der Waals surface area contributed by atoms with Crippen LogP contribution in [0.25, 0.3) is 0 Å². The Morgan fingerprint density at radius 3 is 2.12 bits per heavy atom. The van der Waals surface area contributed by atoms with Gasteiger partial charge in [-0.25, -0.2) is 0 Å². The first-order chi connectivity index (χ1) is 3.18. The van der Waals surface area contributed by atoms with Crippen LogP contribution in [0.3, 0.4) is 0 Å². The highest BCUT2D eigenvalue weighted by Gasteiger charge is 2.04. The van der Waals surface area contributed by atoms with Gasteiger partial charge in [-0.3, -0.25) is 4.79 Å². The van der Waals surface area contributed by atoms with Crippen molar-refractivity contribution in [2.45, 2.75) is 20.4 Å². The number of rotatable bonds is 2. The SMILES string of the molecule is C.CN[C@H](C)C(=O)O. The lowest BCUT2D eigenvalue weighted by Crippen LogP contribution is -2.29. The second kappa shape index (κ2) is 4.59. The first-order valence-corrected chi connectivity index (χ1v) is 2.08. The highest BCUT2D eigenvalue weighted by atomic mass is 16.4. The summed E-state index contributed by atoms with van der Waals surface area (Å²) in [5.41, 5.74) is 0. The summed E-state index contributed by atoms with van der Waals surface area (Å²) in [5, 5.41) is 10.7. The largest absolute Gasteiger partial charge is 0.480 e. The van der Waals surface area contributed by atoms with Crippen molar-refractivity contribution >= 4 is 5.97 Å². The Bertz CT molecular complexity index is 72.8. The van der Waals surface area contributed by atoms with Gasteiger partial charge < -0.3 is 10.4 Å². The molecular formula is C5H13NO2. The average Bonchev–Trinajstić information content (AvgIpc) is 1.65. The lowest BCUT2D eigenvalue weighted by molar-refractivity contribution is -0.138. The van der Waals surface area contributed by atoms with Crippen molar-refractivity contribution in [3.63, 3.8) is 0 Å². The molecule has 0 saturated heterocycles. The molecule has 2 N–H and O–H groups in total. The summed E-state index contributed by atoms with van der Waals surface area (Å²) >= 11 is 0. The first kappa shape index (κ1) is 10.4. The van der Waals surface area contributed by atoms with Crippen molar-refractivity contribution < 1.29 is 9.90 Å². The third-order valence-corrected chi connectivity index (χ3v) is 0.803. The van der Waals surface area contributed by atoms with Crippen LogP contribution in [0.2, 0.25) is 0 Å². The molecule has 0 bridgehead atoms. The Balaban J connectivity index is 0. The lowest BCUT2D eigenvalue weighted by Gasteiger charge is -1.99. The van der Waals surface area contributed by atoms with Crippen LogP contribution in [-0.4, -0.2) is 24.2 Å². The minimum atomic E-state index is -0.817. The van der Waals surface area contributed by atoms with Crippen LogP contribution in [0.1, 0.15) is 14.4 Å². The molecular weight excluding hydrogens is 106 g/mol. The summed E-state index contributed by atoms with van der Waals surface area (Å²) in [4.78, 5) is 9.87. The van der Waals surface area contributed by atoms with Gasteiger partial charge in [0.05, 0.1) is 0 Å². The summed E-state index contributed by atoms with van der Waals surface area (Å²) < 4.78 is 0. The van der Waals surface area contributed by atoms with Crippen LogP contribution < -0.4 is 5.32 Å². The number of nitrogens with one attached hydrogen (secondary N) is 1. The third-order valence-electron chi connectivity index (χ3n) is 0.803. The zero-order chi connectivity index (χ0) is 5.86. The third kappa shape index (κ3) is 3.61. The fourth-order valence-corrected chi connectivity index (χ4v) is 0.123. The van der Waals surface area contributed by atoms with Crippen molar-refractivity contribution in [2.75, 3.05) is 7.05 Å². The van der Waals surface area contributed by atoms with E-state index in [-0.39, 0.29) is 7.43 Å². The van der Waals surface area contributed by atoms with Crippen molar-refractivity contribution in [2.24, 2.45) is 0 Å². The van der Waals surface area contributed by atoms with Gasteiger partial charge in [-0.1, -0.05) is 7.43 Å². The van der Waals surface area contributed by atoms with Gasteiger partial charge in [0.25, 0.3) is 0 Å². The highest BCUT2D eigenvalue weighted by molar-refractivity contribution is 5.72. The fraction of sp³-hybridized carbons (Fsp3) is 0.800. The summed E-state index contributed by atoms with van der Waals surface area (Å²) in [6, 6.07) is -0.431. The number of carbonyl (C=O) groups is 1. The van der Waals surface area contributed by atoms with E-state index in [1.165, 1.54) is 0 Å². The highest BCUT2D eigenvalue weighted by Crippen LogP contribution is 1.74. The van der Waals surface area contributed by atoms with Crippen LogP contribution in [0, 0.1) is 0 Å². The molecule has 0 aromatic rings. The second-order valence-electron chi connectivity index (χ2n) is 1.35. The molecule has 0 radical (unpaired) electrons. The van der Waals surface area contributed by atoms with Gasteiger partial charge in [0.2, 0.25) is 0 Å². The monoisotopic (exact) mass is 119 g/mol. The van der Waals surface area contributed by atoms with Crippen molar-refractivity contribution in [3.8, 4) is 0 Å². The Morgan fingerprint density at radius 1 is 1.75 bits per heavy atom. The van der Waals surface area contributed by atoms with E-state index in [1.807, 2.05) is 0 Å². The van der Waals surface area contributed by atoms with Crippen LogP contribution in [0.4, 0.5) is 0 Å². The first-order valence-electron chi connectivity index (χ1n) is 2.08. The maximum atomic E-state index is 9.87. The maximum absolute atomic E-state index is 9.87. The van der Waals surface area contributed by atoms with Crippen LogP contribution in [0.15, 0.2) is 0 Å². The molecule has 0 aliphatic rings. The normalized spacial score (nSPS) is 11.8. The van der Waals surface area contributed by atoms with E-state index in [0.717, 1.165) is 0 Å². The molecule has 0 amide bonds. The summed E-state index contributed by atoms with van der Waals surface area (Å²) in [7, 11) is 1.61. The van der Waals surface area contributed by atoms with Gasteiger partial charge in [-0.2, -0.15) is 0 Å². The van der Waals surface area contributed by atoms with Crippen LogP contribution in [0.5, 0.6) is 0 Å². The second-order valence-corrected chi connectivity index (χ2v) is 1.35. The Kier molecular flexibility index (Phi) is 5.97. The molecule has 0 saturated carbocycles. The fourth-order valence-electron chi connectivity index (χ4n) is 0.123. The number of aliphatic carboxylic acids is 1. The number of likely N-dealkylation sites (N-methyl/N-ethyl adjacent to an activating group) is 1. The van der Waals surface area contributed by atoms with Gasteiger partial charge in [0, 0.05) is 0 Å². The molecule has 0 aliphatic heterocycles. The maximum Gasteiger partial charge on any atom is 0.320 e. The van der Waals surface area contributed by atoms with Crippen molar-refractivity contribution in [1.82, 2.24) is 5.32 Å². The Hall–Kier alpha value is -0.570. The smallest absolute Gasteiger partial charge is 0.320 e. The van der Waals surface area contributed by atoms with E-state index in [9.17, 15) is 4.79 Å². The van der Waals surface area contributed by atoms with E-state index in [4.69, 9.17) is 5.11 Å². The molecule has 0 spiro atoms. The Labute approximate surface area is 49.7 Å². The molecule has 3 heteroatoms. The van der Waals surface area contributed by atoms with Crippen LogP contribution in [-0.2, 0) is 4.79 Å². The summed E-state index contributed by atoms with van der Waals surface area (Å²) in [6.07, 6.45) is 0. The van der Waals surface area contributed by atoms with Crippen LogP contribution >= 0.6 is 0 Å². The summed E-state index contributed by atoms with van der Waals surface area (Å²) in [5.74, 6) is -0.817. The molecule has 8 heavy (non-hydrogen) atoms. The molecule has 0 aliphatic carbocycles. The predicted molar refractivity (Wildman–Crippen MR) is 32.9 cm³/mol. The number of hydrogen-bond donors (Lipinski definition) is 2. The molecule has 0 unspecified atom stereocenters. The van der Waals surface area contributed by atoms with Gasteiger partial charge in [-0.05, 0) is 14.0 Å². The topological polar surface area (TPSA) is 49.3 Å². The predicted octanol–water partition coefficient (Wildman–Crippen LogP) is 0.315. The van der Waals surface area contributed by atoms with Gasteiger partial charge in [0.15, 0.2) is 0 Å². The van der Waals surface area contributed by atoms with Gasteiger partial charge in [0.1, 0.15) is 6.04 Å². The molecule has 0 rings (SSSR count). The van der Waals surface area contributed by atoms with Gasteiger partial charge >= 0.3 is 5.97 Å². The van der Waals surface area contributed by atoms with E-state index in [1.54, 1.807) is 14.0 Å². The molecule has 0 heterocycles. The quantitative estimate of drug-likeness (QED) is 0.550. The summed E-state index contributed by atoms with van der Waals surface area (Å²) in [6.45, 7) is 1.59. The number of carboxylic acid groups (broad SMARTS) is 1. The molecule has 3 nitrogen and oxygen atoms in total. The zero-order valence-electron chi connectivity index (χ0n) is 4.43. The van der Waals surface area contributed by atoms with Crippen molar-refractivity contribution in [3.05, 3.63) is 0 Å². The minimum absolute atomic E-state index is 0. The molecule has 50 valence electrons. The average molecular weight is 119 g/mol. The minimum Gasteiger partial charge on any atom is -0.480 e. The van der Waals surface area contributed by atoms with E-state index >= 15 is 0 Å². The molecule has 0 aromatic carbocycles. The number of hydrogen-bond acceptors (Lipinski definition) is 2. The lowest BCUT2D eigenvalue weighted by atomic mass is 10.4. The zero-order valence-corrected chi connectivity index (χ0v) is 4.43. The number of carboxylic acids is 1. The molecule has 0 fully saturated rings. The molecule has 0 aromatic heterocycles. The standard InChI is InChI=1S/C4H9NO2.CH4/c1-3(5-2)4(6)7;/h3,5H,1-2H3,(H,6,7);1H4/t3-;/m1./s1.